The van der Waals surface area contributed by atoms with E-state index < -0.39 is 5.97 Å². The van der Waals surface area contributed by atoms with Gasteiger partial charge in [-0.25, -0.2) is 0 Å². The molecule has 0 saturated carbocycles. The first-order chi connectivity index (χ1) is 9.04. The van der Waals surface area contributed by atoms with Gasteiger partial charge in [-0.05, 0) is 43.6 Å². The lowest BCUT2D eigenvalue weighted by Gasteiger charge is -2.33. The van der Waals surface area contributed by atoms with Gasteiger partial charge in [0.15, 0.2) is 0 Å². The summed E-state index contributed by atoms with van der Waals surface area (Å²) < 4.78 is 0. The average Bonchev–Trinajstić information content (AvgIpc) is 2.42. The molecule has 1 fully saturated rings. The van der Waals surface area contributed by atoms with E-state index in [1.165, 1.54) is 0 Å². The van der Waals surface area contributed by atoms with Crippen molar-refractivity contribution in [1.29, 1.82) is 0 Å². The predicted octanol–water partition coefficient (Wildman–Crippen LogP) is 1.17. The number of thioether (sulfide) groups is 1. The molecule has 1 rings (SSSR count). The summed E-state index contributed by atoms with van der Waals surface area (Å²) in [6.07, 6.45) is 5.47. The van der Waals surface area contributed by atoms with Gasteiger partial charge in [-0.1, -0.05) is 0 Å². The highest BCUT2D eigenvalue weighted by atomic mass is 32.2. The zero-order valence-electron chi connectivity index (χ0n) is 11.5. The number of hydrogen-bond donors (Lipinski definition) is 2. The van der Waals surface area contributed by atoms with Gasteiger partial charge in [0.05, 0.1) is 6.04 Å². The van der Waals surface area contributed by atoms with E-state index in [1.54, 1.807) is 11.8 Å². The lowest BCUT2D eigenvalue weighted by Crippen LogP contribution is -2.47. The number of piperidine rings is 1. The van der Waals surface area contributed by atoms with Gasteiger partial charge in [0.1, 0.15) is 0 Å². The van der Waals surface area contributed by atoms with Crippen LogP contribution in [0.15, 0.2) is 0 Å². The Labute approximate surface area is 118 Å². The van der Waals surface area contributed by atoms with E-state index in [-0.39, 0.29) is 18.4 Å². The molecule has 1 atom stereocenters. The molecule has 0 aromatic heterocycles. The lowest BCUT2D eigenvalue weighted by atomic mass is 9.92. The number of hydrogen-bond acceptors (Lipinski definition) is 4. The summed E-state index contributed by atoms with van der Waals surface area (Å²) in [4.78, 5) is 24.4. The molecule has 19 heavy (non-hydrogen) atoms. The van der Waals surface area contributed by atoms with Crippen LogP contribution in [-0.2, 0) is 9.59 Å². The second-order valence-corrected chi connectivity index (χ2v) is 6.07. The minimum atomic E-state index is -0.738. The zero-order valence-corrected chi connectivity index (χ0v) is 12.3. The summed E-state index contributed by atoms with van der Waals surface area (Å²) in [5.41, 5.74) is 5.88. The van der Waals surface area contributed by atoms with Crippen LogP contribution in [0.4, 0.5) is 0 Å². The largest absolute Gasteiger partial charge is 0.481 e. The molecule has 1 amide bonds. The van der Waals surface area contributed by atoms with Crippen LogP contribution in [0.2, 0.25) is 0 Å². The predicted molar refractivity (Wildman–Crippen MR) is 77.1 cm³/mol. The fourth-order valence-corrected chi connectivity index (χ4v) is 2.86. The molecule has 110 valence electrons. The molecule has 0 spiro atoms. The van der Waals surface area contributed by atoms with Gasteiger partial charge in [-0.3, -0.25) is 9.59 Å². The van der Waals surface area contributed by atoms with Crippen LogP contribution in [0.5, 0.6) is 0 Å². The molecule has 1 aliphatic heterocycles. The number of rotatable bonds is 7. The van der Waals surface area contributed by atoms with Gasteiger partial charge in [0.2, 0.25) is 5.91 Å². The third kappa shape index (κ3) is 5.82. The Morgan fingerprint density at radius 1 is 1.42 bits per heavy atom. The zero-order chi connectivity index (χ0) is 14.3. The molecule has 1 aliphatic rings. The smallest absolute Gasteiger partial charge is 0.303 e. The molecular weight excluding hydrogens is 264 g/mol. The Balaban J connectivity index is 2.28. The Bertz CT molecular complexity index is 304. The van der Waals surface area contributed by atoms with Crippen LogP contribution in [0.3, 0.4) is 0 Å². The average molecular weight is 288 g/mol. The highest BCUT2D eigenvalue weighted by Crippen LogP contribution is 2.22. The molecule has 0 bridgehead atoms. The van der Waals surface area contributed by atoms with Crippen molar-refractivity contribution in [2.24, 2.45) is 11.7 Å². The first-order valence-electron chi connectivity index (χ1n) is 6.79. The number of amides is 1. The number of aliphatic carboxylic acids is 1. The minimum absolute atomic E-state index is 0.0470. The van der Waals surface area contributed by atoms with Crippen LogP contribution in [0, 0.1) is 5.92 Å². The highest BCUT2D eigenvalue weighted by molar-refractivity contribution is 7.98. The second-order valence-electron chi connectivity index (χ2n) is 5.09. The maximum absolute atomic E-state index is 12.1. The molecule has 1 saturated heterocycles. The third-order valence-electron chi connectivity index (χ3n) is 3.64. The molecule has 5 nitrogen and oxygen atoms in total. The van der Waals surface area contributed by atoms with Crippen molar-refractivity contribution >= 4 is 23.6 Å². The SMILES string of the molecule is CSCC[C@@H](N)C(=O)N1CCC(CCC(=O)O)CC1. The molecular formula is C13H24N2O3S. The van der Waals surface area contributed by atoms with Crippen molar-refractivity contribution in [3.8, 4) is 0 Å². The van der Waals surface area contributed by atoms with Gasteiger partial charge in [0.25, 0.3) is 0 Å². The van der Waals surface area contributed by atoms with Crippen molar-refractivity contribution in [3.63, 3.8) is 0 Å². The van der Waals surface area contributed by atoms with Gasteiger partial charge >= 0.3 is 5.97 Å². The maximum atomic E-state index is 12.1. The number of nitrogens with two attached hydrogens (primary N) is 1. The van der Waals surface area contributed by atoms with Crippen molar-refractivity contribution in [3.05, 3.63) is 0 Å². The minimum Gasteiger partial charge on any atom is -0.481 e. The number of carbonyl (C=O) groups is 2. The molecule has 0 aromatic carbocycles. The monoisotopic (exact) mass is 288 g/mol. The molecule has 1 heterocycles. The Kier molecular flexibility index (Phi) is 7.23. The van der Waals surface area contributed by atoms with Gasteiger partial charge < -0.3 is 15.7 Å². The summed E-state index contributed by atoms with van der Waals surface area (Å²) in [6, 6.07) is -0.386. The lowest BCUT2D eigenvalue weighted by molar-refractivity contribution is -0.138. The highest BCUT2D eigenvalue weighted by Gasteiger charge is 2.26. The van der Waals surface area contributed by atoms with Gasteiger partial charge in [0, 0.05) is 19.5 Å². The summed E-state index contributed by atoms with van der Waals surface area (Å²) in [6.45, 7) is 1.44. The first-order valence-corrected chi connectivity index (χ1v) is 8.19. The quantitative estimate of drug-likeness (QED) is 0.734. The van der Waals surface area contributed by atoms with E-state index in [0.717, 1.165) is 44.5 Å². The number of carboxylic acids is 1. The van der Waals surface area contributed by atoms with Crippen molar-refractivity contribution in [2.75, 3.05) is 25.1 Å². The van der Waals surface area contributed by atoms with Crippen molar-refractivity contribution < 1.29 is 14.7 Å². The number of carbonyl (C=O) groups excluding carboxylic acids is 1. The maximum Gasteiger partial charge on any atom is 0.303 e. The van der Waals surface area contributed by atoms with E-state index in [0.29, 0.717) is 5.92 Å². The normalized spacial score (nSPS) is 18.3. The molecule has 0 unspecified atom stereocenters. The van der Waals surface area contributed by atoms with Gasteiger partial charge in [-0.15, -0.1) is 0 Å². The van der Waals surface area contributed by atoms with Crippen LogP contribution in [-0.4, -0.2) is 53.0 Å². The summed E-state index contributed by atoms with van der Waals surface area (Å²) in [7, 11) is 0. The molecule has 0 aromatic rings. The second kappa shape index (κ2) is 8.43. The van der Waals surface area contributed by atoms with E-state index in [4.69, 9.17) is 10.8 Å². The molecule has 0 radical (unpaired) electrons. The van der Waals surface area contributed by atoms with E-state index in [9.17, 15) is 9.59 Å². The van der Waals surface area contributed by atoms with E-state index in [2.05, 4.69) is 0 Å². The Morgan fingerprint density at radius 3 is 2.58 bits per heavy atom. The van der Waals surface area contributed by atoms with Crippen molar-refractivity contribution in [2.45, 2.75) is 38.1 Å². The number of nitrogens with zero attached hydrogens (tertiary/aromatic N) is 1. The standard InChI is InChI=1S/C13H24N2O3S/c1-19-9-6-11(14)13(18)15-7-4-10(5-8-15)2-3-12(16)17/h10-11H,2-9,14H2,1H3,(H,16,17)/t11-/m1/s1. The topological polar surface area (TPSA) is 83.6 Å². The van der Waals surface area contributed by atoms with Crippen LogP contribution >= 0.6 is 11.8 Å². The number of carboxylic acid groups (broad SMARTS) is 1. The molecule has 6 heteroatoms. The Morgan fingerprint density at radius 2 is 2.05 bits per heavy atom. The summed E-state index contributed by atoms with van der Waals surface area (Å²) in [5, 5.41) is 8.66. The third-order valence-corrected chi connectivity index (χ3v) is 4.29. The Hall–Kier alpha value is -0.750. The summed E-state index contributed by atoms with van der Waals surface area (Å²) >= 11 is 1.70. The van der Waals surface area contributed by atoms with E-state index >= 15 is 0 Å². The fraction of sp³-hybridized carbons (Fsp3) is 0.846. The van der Waals surface area contributed by atoms with Gasteiger partial charge in [-0.2, -0.15) is 11.8 Å². The number of likely N-dealkylation sites (tertiary alicyclic amines) is 1. The summed E-state index contributed by atoms with van der Waals surface area (Å²) in [5.74, 6) is 0.646. The first kappa shape index (κ1) is 16.3. The van der Waals surface area contributed by atoms with Crippen LogP contribution < -0.4 is 5.73 Å². The fourth-order valence-electron chi connectivity index (χ4n) is 2.37. The molecule has 3 N–H and O–H groups in total. The van der Waals surface area contributed by atoms with Crippen LogP contribution in [0.25, 0.3) is 0 Å². The molecule has 0 aliphatic carbocycles. The van der Waals surface area contributed by atoms with E-state index in [1.807, 2.05) is 11.2 Å². The van der Waals surface area contributed by atoms with Crippen LogP contribution in [0.1, 0.15) is 32.1 Å². The van der Waals surface area contributed by atoms with Crippen molar-refractivity contribution in [1.82, 2.24) is 4.90 Å².